The largest absolute Gasteiger partial charge is 0.461 e. The van der Waals surface area contributed by atoms with E-state index in [0.717, 1.165) is 0 Å². The number of likely N-dealkylation sites (tertiary alicyclic amines) is 1. The van der Waals surface area contributed by atoms with E-state index in [1.807, 2.05) is 0 Å². The maximum Gasteiger partial charge on any atom is 0.410 e. The second-order valence-corrected chi connectivity index (χ2v) is 5.96. The smallest absolute Gasteiger partial charge is 0.410 e. The van der Waals surface area contributed by atoms with Crippen molar-refractivity contribution >= 4 is 12.1 Å². The van der Waals surface area contributed by atoms with Gasteiger partial charge >= 0.3 is 12.1 Å². The molecule has 0 bridgehead atoms. The summed E-state index contributed by atoms with van der Waals surface area (Å²) in [5, 5.41) is 0. The molecule has 0 N–H and O–H groups in total. The van der Waals surface area contributed by atoms with E-state index in [-0.39, 0.29) is 6.61 Å². The van der Waals surface area contributed by atoms with Crippen LogP contribution in [0.5, 0.6) is 0 Å². The van der Waals surface area contributed by atoms with Gasteiger partial charge in [-0.2, -0.15) is 4.39 Å². The van der Waals surface area contributed by atoms with Gasteiger partial charge in [0.25, 0.3) is 0 Å². The van der Waals surface area contributed by atoms with Crippen molar-refractivity contribution < 1.29 is 23.5 Å². The molecule has 0 aromatic carbocycles. The maximum atomic E-state index is 13.9. The molecule has 21 heavy (non-hydrogen) atoms. The van der Waals surface area contributed by atoms with E-state index in [1.165, 1.54) is 0 Å². The number of carbonyl (C=O) groups is 2. The summed E-state index contributed by atoms with van der Waals surface area (Å²) in [6, 6.07) is 0. The van der Waals surface area contributed by atoms with E-state index in [9.17, 15) is 14.0 Å². The van der Waals surface area contributed by atoms with E-state index < -0.39 is 23.5 Å². The normalized spacial score (nSPS) is 18.8. The summed E-state index contributed by atoms with van der Waals surface area (Å²) in [7, 11) is 0. The molecule has 0 aliphatic carbocycles. The van der Waals surface area contributed by atoms with Gasteiger partial charge in [0.05, 0.1) is 6.61 Å². The molecule has 0 atom stereocenters. The second-order valence-electron chi connectivity index (χ2n) is 5.96. The van der Waals surface area contributed by atoms with E-state index in [4.69, 9.17) is 4.74 Å². The molecule has 6 heteroatoms. The quantitative estimate of drug-likeness (QED) is 0.580. The van der Waals surface area contributed by atoms with Crippen LogP contribution in [0.4, 0.5) is 9.18 Å². The molecule has 1 fully saturated rings. The zero-order chi connectivity index (χ0) is 16.0. The Kier molecular flexibility index (Phi) is 6.18. The zero-order valence-electron chi connectivity index (χ0n) is 13.2. The summed E-state index contributed by atoms with van der Waals surface area (Å²) in [4.78, 5) is 24.9. The summed E-state index contributed by atoms with van der Waals surface area (Å²) in [5.74, 6) is -1.74. The maximum absolute atomic E-state index is 13.9. The Morgan fingerprint density at radius 1 is 1.24 bits per heavy atom. The fraction of sp³-hybridized carbons (Fsp3) is 0.733. The molecule has 1 aliphatic rings. The first-order chi connectivity index (χ1) is 9.74. The standard InChI is InChI=1S/C15H24FNO4/c1-5-20-13(18)12(16)11-7-6-9-17(10-8-11)14(19)21-15(2,3)4/h5-10H2,1-4H3/b12-11-. The predicted octanol–water partition coefficient (Wildman–Crippen LogP) is 3.19. The first kappa shape index (κ1) is 17.5. The molecular formula is C15H24FNO4. The van der Waals surface area contributed by atoms with E-state index in [1.54, 1.807) is 32.6 Å². The van der Waals surface area contributed by atoms with Crippen molar-refractivity contribution in [2.45, 2.75) is 52.6 Å². The van der Waals surface area contributed by atoms with Crippen molar-refractivity contribution in [2.24, 2.45) is 0 Å². The van der Waals surface area contributed by atoms with E-state index in [0.29, 0.717) is 37.9 Å². The van der Waals surface area contributed by atoms with Crippen LogP contribution in [0.2, 0.25) is 0 Å². The molecule has 0 radical (unpaired) electrons. The lowest BCUT2D eigenvalue weighted by Gasteiger charge is -2.26. The Balaban J connectivity index is 2.68. The highest BCUT2D eigenvalue weighted by Gasteiger charge is 2.25. The van der Waals surface area contributed by atoms with Gasteiger partial charge in [-0.1, -0.05) is 0 Å². The number of carbonyl (C=O) groups excluding carboxylic acids is 2. The molecule has 1 heterocycles. The Hall–Kier alpha value is -1.59. The van der Waals surface area contributed by atoms with Crippen LogP contribution in [-0.2, 0) is 14.3 Å². The van der Waals surface area contributed by atoms with Crippen LogP contribution in [0.25, 0.3) is 0 Å². The Labute approximate surface area is 125 Å². The zero-order valence-corrected chi connectivity index (χ0v) is 13.2. The summed E-state index contributed by atoms with van der Waals surface area (Å²) < 4.78 is 23.9. The molecular weight excluding hydrogens is 277 g/mol. The fourth-order valence-corrected chi connectivity index (χ4v) is 2.06. The minimum atomic E-state index is -0.918. The lowest BCUT2D eigenvalue weighted by molar-refractivity contribution is -0.140. The van der Waals surface area contributed by atoms with Crippen LogP contribution >= 0.6 is 0 Å². The van der Waals surface area contributed by atoms with Crippen LogP contribution in [0.3, 0.4) is 0 Å². The number of nitrogens with zero attached hydrogens (tertiary/aromatic N) is 1. The molecule has 0 saturated carbocycles. The number of halogens is 1. The number of hydrogen-bond donors (Lipinski definition) is 0. The SMILES string of the molecule is CCOC(=O)/C(F)=C1\CCCN(C(=O)OC(C)(C)C)CC1. The van der Waals surface area contributed by atoms with Crippen molar-refractivity contribution in [3.05, 3.63) is 11.4 Å². The highest BCUT2D eigenvalue weighted by atomic mass is 19.1. The van der Waals surface area contributed by atoms with Crippen molar-refractivity contribution in [3.63, 3.8) is 0 Å². The number of esters is 1. The third-order valence-electron chi connectivity index (χ3n) is 3.01. The predicted molar refractivity (Wildman–Crippen MR) is 76.4 cm³/mol. The number of rotatable bonds is 2. The summed E-state index contributed by atoms with van der Waals surface area (Å²) in [5.41, 5.74) is -0.141. The first-order valence-corrected chi connectivity index (χ1v) is 7.27. The van der Waals surface area contributed by atoms with Gasteiger partial charge in [-0.25, -0.2) is 9.59 Å². The average molecular weight is 301 g/mol. The number of amides is 1. The Bertz CT molecular complexity index is 426. The topological polar surface area (TPSA) is 55.8 Å². The second kappa shape index (κ2) is 7.43. The van der Waals surface area contributed by atoms with Gasteiger partial charge in [0.15, 0.2) is 0 Å². The highest BCUT2D eigenvalue weighted by molar-refractivity contribution is 5.86. The lowest BCUT2D eigenvalue weighted by Crippen LogP contribution is -2.37. The van der Waals surface area contributed by atoms with Crippen LogP contribution in [0.15, 0.2) is 11.4 Å². The minimum absolute atomic E-state index is 0.142. The monoisotopic (exact) mass is 301 g/mol. The van der Waals surface area contributed by atoms with Crippen molar-refractivity contribution in [2.75, 3.05) is 19.7 Å². The summed E-state index contributed by atoms with van der Waals surface area (Å²) in [6.07, 6.45) is 0.968. The molecule has 1 amide bonds. The van der Waals surface area contributed by atoms with Crippen LogP contribution in [0.1, 0.15) is 47.0 Å². The summed E-state index contributed by atoms with van der Waals surface area (Å²) >= 11 is 0. The van der Waals surface area contributed by atoms with Gasteiger partial charge in [0, 0.05) is 13.1 Å². The molecule has 1 saturated heterocycles. The highest BCUT2D eigenvalue weighted by Crippen LogP contribution is 2.23. The molecule has 0 aromatic heterocycles. The van der Waals surface area contributed by atoms with Gasteiger partial charge in [-0.15, -0.1) is 0 Å². The molecule has 1 rings (SSSR count). The van der Waals surface area contributed by atoms with Crippen LogP contribution in [-0.4, -0.2) is 42.3 Å². The third kappa shape index (κ3) is 5.73. The van der Waals surface area contributed by atoms with Gasteiger partial charge in [0.2, 0.25) is 5.83 Å². The third-order valence-corrected chi connectivity index (χ3v) is 3.01. The van der Waals surface area contributed by atoms with Crippen molar-refractivity contribution in [1.82, 2.24) is 4.90 Å². The Morgan fingerprint density at radius 3 is 2.48 bits per heavy atom. The number of hydrogen-bond acceptors (Lipinski definition) is 4. The molecule has 5 nitrogen and oxygen atoms in total. The van der Waals surface area contributed by atoms with Crippen LogP contribution < -0.4 is 0 Å². The van der Waals surface area contributed by atoms with Crippen molar-refractivity contribution in [1.29, 1.82) is 0 Å². The molecule has 0 aromatic rings. The number of ether oxygens (including phenoxy) is 2. The van der Waals surface area contributed by atoms with Gasteiger partial charge in [-0.3, -0.25) is 0 Å². The van der Waals surface area contributed by atoms with Gasteiger partial charge in [0.1, 0.15) is 5.60 Å². The lowest BCUT2D eigenvalue weighted by atomic mass is 10.1. The average Bonchev–Trinajstić information content (AvgIpc) is 2.61. The molecule has 0 unspecified atom stereocenters. The van der Waals surface area contributed by atoms with Gasteiger partial charge in [-0.05, 0) is 52.5 Å². The fourth-order valence-electron chi connectivity index (χ4n) is 2.06. The van der Waals surface area contributed by atoms with E-state index >= 15 is 0 Å². The first-order valence-electron chi connectivity index (χ1n) is 7.27. The van der Waals surface area contributed by atoms with Crippen molar-refractivity contribution in [3.8, 4) is 0 Å². The van der Waals surface area contributed by atoms with Gasteiger partial charge < -0.3 is 14.4 Å². The van der Waals surface area contributed by atoms with Crippen LogP contribution in [0, 0.1) is 0 Å². The molecule has 0 spiro atoms. The molecule has 120 valence electrons. The molecule has 1 aliphatic heterocycles. The minimum Gasteiger partial charge on any atom is -0.461 e. The summed E-state index contributed by atoms with van der Waals surface area (Å²) in [6.45, 7) is 8.01. The Morgan fingerprint density at radius 2 is 1.90 bits per heavy atom. The van der Waals surface area contributed by atoms with E-state index in [2.05, 4.69) is 4.74 Å².